The average Bonchev–Trinajstić information content (AvgIpc) is 2.30. The lowest BCUT2D eigenvalue weighted by atomic mass is 10.2. The first-order chi connectivity index (χ1) is 7.31. The highest BCUT2D eigenvalue weighted by atomic mass is 35.5. The molecule has 0 N–H and O–H groups in total. The van der Waals surface area contributed by atoms with Gasteiger partial charge in [0.25, 0.3) is 0 Å². The normalized spacial score (nSPS) is 16.8. The molecule has 0 aliphatic carbocycles. The highest BCUT2D eigenvalue weighted by Crippen LogP contribution is 2.27. The topological polar surface area (TPSA) is 3.24 Å². The second kappa shape index (κ2) is 5.33. The molecular weight excluding hydrogens is 249 g/mol. The van der Waals surface area contributed by atoms with Gasteiger partial charge in [0.15, 0.2) is 0 Å². The van der Waals surface area contributed by atoms with Gasteiger partial charge in [0.1, 0.15) is 0 Å². The highest BCUT2D eigenvalue weighted by Gasteiger charge is 2.14. The third kappa shape index (κ3) is 2.74. The lowest BCUT2D eigenvalue weighted by Gasteiger charge is -2.30. The van der Waals surface area contributed by atoms with Crippen molar-refractivity contribution in [1.82, 2.24) is 0 Å². The van der Waals surface area contributed by atoms with Crippen LogP contribution in [-0.2, 0) is 5.88 Å². The van der Waals surface area contributed by atoms with Gasteiger partial charge in [-0.3, -0.25) is 0 Å². The van der Waals surface area contributed by atoms with Crippen LogP contribution in [0.5, 0.6) is 0 Å². The van der Waals surface area contributed by atoms with E-state index < -0.39 is 0 Å². The van der Waals surface area contributed by atoms with Crippen molar-refractivity contribution in [2.24, 2.45) is 0 Å². The molecule has 4 heteroatoms. The molecule has 1 aliphatic rings. The Balaban J connectivity index is 2.25. The number of anilines is 1. The van der Waals surface area contributed by atoms with Gasteiger partial charge in [-0.25, -0.2) is 0 Å². The Labute approximate surface area is 105 Å². The zero-order valence-electron chi connectivity index (χ0n) is 8.38. The maximum atomic E-state index is 5.95. The fourth-order valence-corrected chi connectivity index (χ4v) is 3.09. The van der Waals surface area contributed by atoms with E-state index in [4.69, 9.17) is 23.2 Å². The van der Waals surface area contributed by atoms with E-state index in [0.29, 0.717) is 5.88 Å². The van der Waals surface area contributed by atoms with Crippen molar-refractivity contribution in [2.45, 2.75) is 5.88 Å². The van der Waals surface area contributed by atoms with Crippen LogP contribution in [0.1, 0.15) is 5.56 Å². The Kier molecular flexibility index (Phi) is 4.06. The van der Waals surface area contributed by atoms with E-state index >= 15 is 0 Å². The molecule has 0 bridgehead atoms. The van der Waals surface area contributed by atoms with Gasteiger partial charge in [0.05, 0.1) is 0 Å². The maximum absolute atomic E-state index is 5.95. The first-order valence-corrected chi connectivity index (χ1v) is 7.05. The molecule has 1 heterocycles. The zero-order valence-corrected chi connectivity index (χ0v) is 10.7. The van der Waals surface area contributed by atoms with Gasteiger partial charge in [0.2, 0.25) is 0 Å². The van der Waals surface area contributed by atoms with Gasteiger partial charge in [-0.05, 0) is 23.8 Å². The van der Waals surface area contributed by atoms with Gasteiger partial charge < -0.3 is 4.90 Å². The van der Waals surface area contributed by atoms with E-state index in [1.807, 2.05) is 23.9 Å². The minimum Gasteiger partial charge on any atom is -0.370 e. The van der Waals surface area contributed by atoms with Crippen LogP contribution in [0.2, 0.25) is 5.02 Å². The molecule has 15 heavy (non-hydrogen) atoms. The number of halogens is 2. The summed E-state index contributed by atoms with van der Waals surface area (Å²) < 4.78 is 0. The predicted octanol–water partition coefficient (Wildman–Crippen LogP) is 3.63. The minimum atomic E-state index is 0.527. The number of alkyl halides is 1. The fourth-order valence-electron chi connectivity index (χ4n) is 1.77. The van der Waals surface area contributed by atoms with E-state index in [2.05, 4.69) is 11.0 Å². The summed E-state index contributed by atoms with van der Waals surface area (Å²) in [6.07, 6.45) is 0. The smallest absolute Gasteiger partial charge is 0.0495 e. The summed E-state index contributed by atoms with van der Waals surface area (Å²) in [7, 11) is 0. The van der Waals surface area contributed by atoms with Gasteiger partial charge >= 0.3 is 0 Å². The summed E-state index contributed by atoms with van der Waals surface area (Å²) >= 11 is 13.9. The third-order valence-electron chi connectivity index (χ3n) is 2.54. The second-order valence-electron chi connectivity index (χ2n) is 3.51. The molecule has 2 rings (SSSR count). The summed E-state index contributed by atoms with van der Waals surface area (Å²) in [4.78, 5) is 2.39. The van der Waals surface area contributed by atoms with Crippen molar-refractivity contribution in [1.29, 1.82) is 0 Å². The second-order valence-corrected chi connectivity index (χ2v) is 5.43. The van der Waals surface area contributed by atoms with Crippen molar-refractivity contribution in [3.05, 3.63) is 28.8 Å². The molecule has 0 spiro atoms. The van der Waals surface area contributed by atoms with Gasteiger partial charge in [0, 0.05) is 41.2 Å². The van der Waals surface area contributed by atoms with E-state index in [1.54, 1.807) is 0 Å². The van der Waals surface area contributed by atoms with Crippen LogP contribution in [0, 0.1) is 0 Å². The Morgan fingerprint density at radius 1 is 1.27 bits per heavy atom. The summed E-state index contributed by atoms with van der Waals surface area (Å²) in [5.74, 6) is 2.92. The van der Waals surface area contributed by atoms with Crippen LogP contribution >= 0.6 is 35.0 Å². The lowest BCUT2D eigenvalue weighted by Crippen LogP contribution is -2.33. The number of rotatable bonds is 2. The van der Waals surface area contributed by atoms with E-state index in [1.165, 1.54) is 17.2 Å². The summed E-state index contributed by atoms with van der Waals surface area (Å²) in [5.41, 5.74) is 2.38. The molecule has 0 unspecified atom stereocenters. The molecule has 1 fully saturated rings. The average molecular weight is 262 g/mol. The maximum Gasteiger partial charge on any atom is 0.0495 e. The van der Waals surface area contributed by atoms with Crippen LogP contribution in [0.15, 0.2) is 18.2 Å². The standard InChI is InChI=1S/C11H13Cl2NS/c12-8-9-7-10(13)1-2-11(9)14-3-5-15-6-4-14/h1-2,7H,3-6,8H2. The molecule has 82 valence electrons. The Hall–Kier alpha value is -0.0500. The predicted molar refractivity (Wildman–Crippen MR) is 70.5 cm³/mol. The fraction of sp³-hybridized carbons (Fsp3) is 0.455. The summed E-state index contributed by atoms with van der Waals surface area (Å²) in [6, 6.07) is 5.98. The Morgan fingerprint density at radius 2 is 2.00 bits per heavy atom. The van der Waals surface area contributed by atoms with Crippen LogP contribution in [0.3, 0.4) is 0 Å². The molecule has 1 aliphatic heterocycles. The third-order valence-corrected chi connectivity index (χ3v) is 4.00. The van der Waals surface area contributed by atoms with Gasteiger partial charge in [-0.1, -0.05) is 11.6 Å². The number of hydrogen-bond donors (Lipinski definition) is 0. The van der Waals surface area contributed by atoms with Crippen molar-refractivity contribution >= 4 is 40.7 Å². The summed E-state index contributed by atoms with van der Waals surface area (Å²) in [6.45, 7) is 2.21. The molecule has 1 aromatic rings. The Bertz CT molecular complexity index is 337. The Morgan fingerprint density at radius 3 is 2.67 bits per heavy atom. The molecule has 0 radical (unpaired) electrons. The number of hydrogen-bond acceptors (Lipinski definition) is 2. The van der Waals surface area contributed by atoms with Crippen molar-refractivity contribution in [3.63, 3.8) is 0 Å². The van der Waals surface area contributed by atoms with Crippen LogP contribution in [-0.4, -0.2) is 24.6 Å². The highest BCUT2D eigenvalue weighted by molar-refractivity contribution is 7.99. The number of nitrogens with zero attached hydrogens (tertiary/aromatic N) is 1. The van der Waals surface area contributed by atoms with Gasteiger partial charge in [-0.2, -0.15) is 11.8 Å². The largest absolute Gasteiger partial charge is 0.370 e. The van der Waals surface area contributed by atoms with Crippen molar-refractivity contribution < 1.29 is 0 Å². The molecule has 1 saturated heterocycles. The molecule has 1 nitrogen and oxygen atoms in total. The number of benzene rings is 1. The van der Waals surface area contributed by atoms with E-state index in [-0.39, 0.29) is 0 Å². The van der Waals surface area contributed by atoms with Crippen molar-refractivity contribution in [2.75, 3.05) is 29.5 Å². The SMILES string of the molecule is ClCc1cc(Cl)ccc1N1CCSCC1. The number of thioether (sulfide) groups is 1. The first kappa shape index (κ1) is 11.4. The van der Waals surface area contributed by atoms with E-state index in [0.717, 1.165) is 23.7 Å². The monoisotopic (exact) mass is 261 g/mol. The van der Waals surface area contributed by atoms with Crippen LogP contribution in [0.25, 0.3) is 0 Å². The molecular formula is C11H13Cl2NS. The quantitative estimate of drug-likeness (QED) is 0.749. The molecule has 0 saturated carbocycles. The van der Waals surface area contributed by atoms with E-state index in [9.17, 15) is 0 Å². The molecule has 0 aromatic heterocycles. The van der Waals surface area contributed by atoms with Crippen LogP contribution in [0.4, 0.5) is 5.69 Å². The first-order valence-electron chi connectivity index (χ1n) is 4.98. The minimum absolute atomic E-state index is 0.527. The summed E-state index contributed by atoms with van der Waals surface area (Å²) in [5, 5.41) is 0.765. The van der Waals surface area contributed by atoms with Gasteiger partial charge in [-0.15, -0.1) is 11.6 Å². The lowest BCUT2D eigenvalue weighted by molar-refractivity contribution is 0.853. The van der Waals surface area contributed by atoms with Crippen molar-refractivity contribution in [3.8, 4) is 0 Å². The van der Waals surface area contributed by atoms with Crippen LogP contribution < -0.4 is 4.90 Å². The zero-order chi connectivity index (χ0) is 10.7. The molecule has 0 atom stereocenters. The molecule has 0 amide bonds. The molecule has 1 aromatic carbocycles.